The first-order valence-electron chi connectivity index (χ1n) is 7.01. The number of aromatic amines is 1. The number of nitrogens with one attached hydrogen (secondary N) is 1. The molecule has 3 rings (SSSR count). The molecule has 0 saturated heterocycles. The van der Waals surface area contributed by atoms with Gasteiger partial charge in [-0.05, 0) is 35.9 Å². The number of nitrogens with zero attached hydrogens (tertiary/aromatic N) is 2. The number of aromatic nitrogens is 2. The monoisotopic (exact) mass is 396 g/mol. The van der Waals surface area contributed by atoms with Crippen molar-refractivity contribution in [3.8, 4) is 0 Å². The molecule has 128 valence electrons. The Hall–Kier alpha value is -2.12. The van der Waals surface area contributed by atoms with E-state index in [2.05, 4.69) is 15.1 Å². The molecule has 1 aromatic heterocycles. The number of nitrogens with two attached hydrogens (primary N) is 1. The zero-order valence-corrected chi connectivity index (χ0v) is 14.8. The summed E-state index contributed by atoms with van der Waals surface area (Å²) < 4.78 is 0. The lowest BCUT2D eigenvalue weighted by atomic mass is 10.0. The van der Waals surface area contributed by atoms with Gasteiger partial charge in [-0.1, -0.05) is 40.9 Å². The first-order chi connectivity index (χ1) is 11.9. The topological polar surface area (TPSA) is 104 Å². The van der Waals surface area contributed by atoms with Crippen molar-refractivity contribution in [2.24, 2.45) is 10.9 Å². The zero-order chi connectivity index (χ0) is 18.1. The zero-order valence-electron chi connectivity index (χ0n) is 12.5. The van der Waals surface area contributed by atoms with Crippen molar-refractivity contribution in [3.63, 3.8) is 0 Å². The molecule has 0 unspecified atom stereocenters. The maximum Gasteiger partial charge on any atom is 0.276 e. The fourth-order valence-corrected chi connectivity index (χ4v) is 2.81. The molecule has 0 aliphatic carbocycles. The van der Waals surface area contributed by atoms with Crippen molar-refractivity contribution < 1.29 is 5.11 Å². The molecule has 0 amide bonds. The molecular formula is C16H11Cl3N4O2. The lowest BCUT2D eigenvalue weighted by Crippen LogP contribution is -2.26. The van der Waals surface area contributed by atoms with Crippen LogP contribution in [0.25, 0.3) is 11.0 Å². The molecule has 1 heterocycles. The van der Waals surface area contributed by atoms with Gasteiger partial charge < -0.3 is 15.9 Å². The first-order valence-corrected chi connectivity index (χ1v) is 8.15. The van der Waals surface area contributed by atoms with Crippen molar-refractivity contribution in [2.45, 2.75) is 6.10 Å². The summed E-state index contributed by atoms with van der Waals surface area (Å²) in [5.41, 5.74) is 0.546. The number of hydrogen-bond donors (Lipinski definition) is 3. The molecule has 25 heavy (non-hydrogen) atoms. The number of hydrogen-bond acceptors (Lipinski definition) is 5. The van der Waals surface area contributed by atoms with Gasteiger partial charge in [-0.2, -0.15) is 5.10 Å². The summed E-state index contributed by atoms with van der Waals surface area (Å²) in [5, 5.41) is 15.2. The quantitative estimate of drug-likeness (QED) is 0.358. The van der Waals surface area contributed by atoms with E-state index in [1.807, 2.05) is 0 Å². The summed E-state index contributed by atoms with van der Waals surface area (Å²) in [6.45, 7) is 0. The second kappa shape index (κ2) is 7.01. The number of aliphatic hydroxyl groups excluding tert-OH is 1. The number of halogens is 3. The van der Waals surface area contributed by atoms with Crippen LogP contribution in [0.5, 0.6) is 0 Å². The van der Waals surface area contributed by atoms with Gasteiger partial charge in [0, 0.05) is 5.02 Å². The third kappa shape index (κ3) is 3.48. The summed E-state index contributed by atoms with van der Waals surface area (Å²) >= 11 is 17.7. The molecule has 0 radical (unpaired) electrons. The van der Waals surface area contributed by atoms with Crippen LogP contribution in [0.15, 0.2) is 46.3 Å². The van der Waals surface area contributed by atoms with Crippen LogP contribution in [0.1, 0.15) is 17.4 Å². The van der Waals surface area contributed by atoms with Crippen LogP contribution in [0.3, 0.4) is 0 Å². The average molecular weight is 398 g/mol. The maximum absolute atomic E-state index is 12.3. The summed E-state index contributed by atoms with van der Waals surface area (Å²) in [5.74, 6) is 5.40. The fraction of sp³-hybridized carbons (Fsp3) is 0.0625. The molecule has 0 spiro atoms. The van der Waals surface area contributed by atoms with Gasteiger partial charge in [0.1, 0.15) is 11.8 Å². The predicted octanol–water partition coefficient (Wildman–Crippen LogP) is 3.28. The highest BCUT2D eigenvalue weighted by Crippen LogP contribution is 2.27. The second-order valence-corrected chi connectivity index (χ2v) is 6.42. The van der Waals surface area contributed by atoms with Crippen molar-refractivity contribution >= 4 is 51.5 Å². The first kappa shape index (κ1) is 17.7. The van der Waals surface area contributed by atoms with Gasteiger partial charge >= 0.3 is 0 Å². The Bertz CT molecular complexity index is 1050. The van der Waals surface area contributed by atoms with Gasteiger partial charge in [0.2, 0.25) is 0 Å². The number of benzene rings is 2. The van der Waals surface area contributed by atoms with Crippen LogP contribution >= 0.6 is 34.8 Å². The third-order valence-electron chi connectivity index (χ3n) is 3.55. The molecule has 4 N–H and O–H groups in total. The molecular weight excluding hydrogens is 387 g/mol. The summed E-state index contributed by atoms with van der Waals surface area (Å²) in [6, 6.07) is 9.39. The lowest BCUT2D eigenvalue weighted by molar-refractivity contribution is 0.247. The number of fused-ring (bicyclic) bond motifs is 1. The Morgan fingerprint density at radius 1 is 1.16 bits per heavy atom. The van der Waals surface area contributed by atoms with Crippen LogP contribution in [0.2, 0.25) is 15.1 Å². The van der Waals surface area contributed by atoms with E-state index in [1.54, 1.807) is 24.3 Å². The van der Waals surface area contributed by atoms with E-state index in [0.717, 1.165) is 0 Å². The van der Waals surface area contributed by atoms with Crippen molar-refractivity contribution in [2.75, 3.05) is 0 Å². The molecule has 3 aromatic rings. The minimum absolute atomic E-state index is 0.100. The van der Waals surface area contributed by atoms with Crippen LogP contribution in [0.4, 0.5) is 0 Å². The van der Waals surface area contributed by atoms with Crippen molar-refractivity contribution in [1.82, 2.24) is 9.97 Å². The largest absolute Gasteiger partial charge is 0.382 e. The van der Waals surface area contributed by atoms with Gasteiger partial charge in [-0.25, -0.2) is 4.98 Å². The van der Waals surface area contributed by atoms with E-state index < -0.39 is 11.7 Å². The van der Waals surface area contributed by atoms with Crippen LogP contribution < -0.4 is 11.4 Å². The van der Waals surface area contributed by atoms with Gasteiger partial charge in [0.15, 0.2) is 5.69 Å². The Labute approximate surface area is 156 Å². The number of hydrazone groups is 1. The van der Waals surface area contributed by atoms with E-state index in [9.17, 15) is 9.90 Å². The molecule has 9 heteroatoms. The Balaban J connectivity index is 2.10. The van der Waals surface area contributed by atoms with Crippen molar-refractivity contribution in [3.05, 3.63) is 73.1 Å². The molecule has 2 aromatic carbocycles. The van der Waals surface area contributed by atoms with Gasteiger partial charge in [-0.15, -0.1) is 0 Å². The van der Waals surface area contributed by atoms with E-state index in [4.69, 9.17) is 40.6 Å². The van der Waals surface area contributed by atoms with Gasteiger partial charge in [0.25, 0.3) is 5.56 Å². The predicted molar refractivity (Wildman–Crippen MR) is 99.5 cm³/mol. The van der Waals surface area contributed by atoms with E-state index in [-0.39, 0.29) is 16.4 Å². The Kier molecular flexibility index (Phi) is 4.96. The average Bonchev–Trinajstić information content (AvgIpc) is 2.58. The maximum atomic E-state index is 12.3. The van der Waals surface area contributed by atoms with Crippen LogP contribution in [0, 0.1) is 0 Å². The number of H-pyrrole nitrogens is 1. The third-order valence-corrected chi connectivity index (χ3v) is 4.53. The molecule has 0 bridgehead atoms. The molecule has 0 aliphatic rings. The highest BCUT2D eigenvalue weighted by Gasteiger charge is 2.22. The lowest BCUT2D eigenvalue weighted by Gasteiger charge is -2.13. The summed E-state index contributed by atoms with van der Waals surface area (Å²) in [7, 11) is 0. The highest BCUT2D eigenvalue weighted by atomic mass is 35.5. The molecule has 0 saturated carbocycles. The normalized spacial score (nSPS) is 13.2. The van der Waals surface area contributed by atoms with Gasteiger partial charge in [0.05, 0.1) is 21.1 Å². The van der Waals surface area contributed by atoms with Crippen LogP contribution in [-0.2, 0) is 0 Å². The second-order valence-electron chi connectivity index (χ2n) is 5.17. The minimum atomic E-state index is -1.31. The molecule has 6 nitrogen and oxygen atoms in total. The highest BCUT2D eigenvalue weighted by molar-refractivity contribution is 6.42. The fourth-order valence-electron chi connectivity index (χ4n) is 2.33. The minimum Gasteiger partial charge on any atom is -0.382 e. The standard InChI is InChI=1S/C16H11Cl3N4O2/c17-8-2-4-11-12(6-8)22-16(25)14(21-11)13(23-20)15(24)7-1-3-9(18)10(19)5-7/h1-6,15,24H,20H2,(H,22,25)/b23-13-/t15-/m0/s1. The SMILES string of the molecule is N/N=C(/c1nc2ccc(Cl)cc2[nH]c1=O)[C@@H](O)c1ccc(Cl)c(Cl)c1. The Morgan fingerprint density at radius 3 is 2.60 bits per heavy atom. The Morgan fingerprint density at radius 2 is 1.92 bits per heavy atom. The van der Waals surface area contributed by atoms with E-state index in [0.29, 0.717) is 26.6 Å². The van der Waals surface area contributed by atoms with Crippen LogP contribution in [-0.4, -0.2) is 20.8 Å². The summed E-state index contributed by atoms with van der Waals surface area (Å²) in [4.78, 5) is 19.2. The molecule has 1 atom stereocenters. The van der Waals surface area contributed by atoms with Crippen molar-refractivity contribution in [1.29, 1.82) is 0 Å². The van der Waals surface area contributed by atoms with E-state index in [1.165, 1.54) is 12.1 Å². The smallest absolute Gasteiger partial charge is 0.276 e. The van der Waals surface area contributed by atoms with E-state index >= 15 is 0 Å². The molecule has 0 fully saturated rings. The number of rotatable bonds is 3. The van der Waals surface area contributed by atoms with Gasteiger partial charge in [-0.3, -0.25) is 4.79 Å². The summed E-state index contributed by atoms with van der Waals surface area (Å²) in [6.07, 6.45) is -1.31. The number of aliphatic hydroxyl groups is 1. The molecule has 0 aliphatic heterocycles.